The Kier molecular flexibility index (Phi) is 13.9. The fraction of sp³-hybridized carbons (Fsp3) is 0.0938. The smallest absolute Gasteiger partial charge is 0.102 e. The molecule has 0 fully saturated rings. The Hall–Kier alpha value is -2.67. The van der Waals surface area contributed by atoms with Crippen LogP contribution in [0.4, 0.5) is 0 Å². The number of hydrogen-bond donors (Lipinski definition) is 0. The fourth-order valence-corrected chi connectivity index (χ4v) is 5.97. The third-order valence-electron chi connectivity index (χ3n) is 4.84. The second-order valence-corrected chi connectivity index (χ2v) is 13.9. The summed E-state index contributed by atoms with van der Waals surface area (Å²) in [7, 11) is -0.757. The van der Waals surface area contributed by atoms with E-state index in [0.29, 0.717) is 0 Å². The largest absolute Gasteiger partial charge is 0.305 e. The maximum Gasteiger partial charge on any atom is 0.102 e. The van der Waals surface area contributed by atoms with E-state index in [2.05, 4.69) is 122 Å². The van der Waals surface area contributed by atoms with Crippen molar-refractivity contribution in [3.8, 4) is 11.3 Å². The average molecular weight is 683 g/mol. The van der Waals surface area contributed by atoms with Gasteiger partial charge in [0.05, 0.1) is 7.92 Å². The first-order valence-corrected chi connectivity index (χ1v) is 16.3. The molecule has 184 valence electrons. The van der Waals surface area contributed by atoms with Crippen molar-refractivity contribution in [1.29, 1.82) is 0 Å². The van der Waals surface area contributed by atoms with Crippen LogP contribution in [0, 0.1) is 6.07 Å². The molecule has 0 spiro atoms. The molecular formula is C32H33IrNPSi. The minimum absolute atomic E-state index is 0. The number of rotatable bonds is 4. The maximum atomic E-state index is 4.22. The third kappa shape index (κ3) is 10.1. The van der Waals surface area contributed by atoms with E-state index < -0.39 is 7.92 Å². The van der Waals surface area contributed by atoms with Crippen LogP contribution in [-0.2, 0) is 20.1 Å². The van der Waals surface area contributed by atoms with Crippen LogP contribution in [0.15, 0.2) is 140 Å². The van der Waals surface area contributed by atoms with Crippen molar-refractivity contribution in [2.24, 2.45) is 0 Å². The van der Waals surface area contributed by atoms with E-state index in [1.807, 2.05) is 42.5 Å². The van der Waals surface area contributed by atoms with E-state index in [0.717, 1.165) is 11.3 Å². The van der Waals surface area contributed by atoms with Gasteiger partial charge < -0.3 is 4.98 Å². The Morgan fingerprint density at radius 3 is 1.33 bits per heavy atom. The zero-order valence-corrected chi connectivity index (χ0v) is 25.5. The molecule has 0 atom stereocenters. The molecule has 36 heavy (non-hydrogen) atoms. The number of hydrogen-bond acceptors (Lipinski definition) is 1. The average Bonchev–Trinajstić information content (AvgIpc) is 2.92. The molecule has 0 saturated heterocycles. The van der Waals surface area contributed by atoms with Gasteiger partial charge in [-0.25, -0.2) is 0 Å². The maximum absolute atomic E-state index is 4.22. The van der Waals surface area contributed by atoms with Crippen molar-refractivity contribution in [3.05, 3.63) is 146 Å². The van der Waals surface area contributed by atoms with Crippen LogP contribution in [0.1, 0.15) is 0 Å². The van der Waals surface area contributed by atoms with Crippen LogP contribution in [0.25, 0.3) is 11.3 Å². The van der Waals surface area contributed by atoms with Gasteiger partial charge in [-0.2, -0.15) is 0 Å². The molecule has 0 saturated carbocycles. The summed E-state index contributed by atoms with van der Waals surface area (Å²) in [6.07, 6.45) is 1.79. The molecule has 0 amide bonds. The minimum Gasteiger partial charge on any atom is -0.305 e. The molecule has 0 bridgehead atoms. The van der Waals surface area contributed by atoms with Crippen molar-refractivity contribution in [2.45, 2.75) is 19.6 Å². The van der Waals surface area contributed by atoms with Crippen LogP contribution in [0.5, 0.6) is 0 Å². The van der Waals surface area contributed by atoms with Gasteiger partial charge in [-0.1, -0.05) is 86.4 Å². The summed E-state index contributed by atoms with van der Waals surface area (Å²) >= 11 is 0. The quantitative estimate of drug-likeness (QED) is 0.112. The molecule has 5 aromatic rings. The molecule has 1 heterocycles. The van der Waals surface area contributed by atoms with Crippen LogP contribution in [-0.4, -0.2) is 13.8 Å². The van der Waals surface area contributed by atoms with Gasteiger partial charge in [0.15, 0.2) is 0 Å². The van der Waals surface area contributed by atoms with Crippen LogP contribution in [0.2, 0.25) is 19.6 Å². The summed E-state index contributed by atoms with van der Waals surface area (Å²) in [5.74, 6) is 0. The SMILES string of the molecule is C[Si](C)C.[Ir].[c-]1ccccc1-c1ccccn1.c1ccc([PH+](c2ccccc2)c2ccccc2)cc1. The molecule has 4 aromatic carbocycles. The first kappa shape index (κ1) is 29.6. The molecule has 0 aliphatic carbocycles. The van der Waals surface area contributed by atoms with E-state index in [1.165, 1.54) is 15.9 Å². The van der Waals surface area contributed by atoms with E-state index in [9.17, 15) is 0 Å². The van der Waals surface area contributed by atoms with Gasteiger partial charge in [0, 0.05) is 35.1 Å². The van der Waals surface area contributed by atoms with E-state index in [4.69, 9.17) is 0 Å². The van der Waals surface area contributed by atoms with Gasteiger partial charge in [-0.3, -0.25) is 0 Å². The molecule has 0 aliphatic heterocycles. The van der Waals surface area contributed by atoms with Gasteiger partial charge in [0.1, 0.15) is 15.9 Å². The molecule has 5 rings (SSSR count). The van der Waals surface area contributed by atoms with E-state index in [-0.39, 0.29) is 28.9 Å². The second kappa shape index (κ2) is 16.9. The fourth-order valence-electron chi connectivity index (χ4n) is 3.39. The number of aromatic nitrogens is 1. The molecule has 1 nitrogen and oxygen atoms in total. The van der Waals surface area contributed by atoms with Crippen LogP contribution < -0.4 is 15.9 Å². The number of nitrogens with zero attached hydrogens (tertiary/aromatic N) is 1. The van der Waals surface area contributed by atoms with Crippen molar-refractivity contribution < 1.29 is 20.1 Å². The molecule has 4 heteroatoms. The first-order chi connectivity index (χ1) is 17.1. The summed E-state index contributed by atoms with van der Waals surface area (Å²) in [4.78, 5) is 4.22. The van der Waals surface area contributed by atoms with Crippen molar-refractivity contribution in [1.82, 2.24) is 4.98 Å². The summed E-state index contributed by atoms with van der Waals surface area (Å²) in [6.45, 7) is 6.81. The predicted molar refractivity (Wildman–Crippen MR) is 158 cm³/mol. The Bertz CT molecular complexity index is 1070. The summed E-state index contributed by atoms with van der Waals surface area (Å²) in [5.41, 5.74) is 2.01. The van der Waals surface area contributed by atoms with E-state index in [1.54, 1.807) is 6.20 Å². The molecular weight excluding hydrogens is 650 g/mol. The standard InChI is InChI=1S/C18H15P.C11H8N.C3H9Si.Ir/c1-4-10-16(11-5-1)19(17-12-6-2-7-13-17)18-14-8-3-9-15-18;1-2-6-10(7-3-1)11-8-4-5-9-12-11;1-4(2)3;/h1-15H;1-6,8-9H;1-3H3;/q;-1;;/p+1. The first-order valence-electron chi connectivity index (χ1n) is 11.8. The molecule has 2 radical (unpaired) electrons. The van der Waals surface area contributed by atoms with Crippen LogP contribution in [0.3, 0.4) is 0 Å². The normalized spacial score (nSPS) is 9.81. The Balaban J connectivity index is 0.000000231. The van der Waals surface area contributed by atoms with Gasteiger partial charge in [0.2, 0.25) is 0 Å². The van der Waals surface area contributed by atoms with Gasteiger partial charge >= 0.3 is 0 Å². The Morgan fingerprint density at radius 1 is 0.556 bits per heavy atom. The summed E-state index contributed by atoms with van der Waals surface area (Å²) < 4.78 is 0. The van der Waals surface area contributed by atoms with E-state index >= 15 is 0 Å². The summed E-state index contributed by atoms with van der Waals surface area (Å²) in [5, 5.41) is 4.31. The summed E-state index contributed by atoms with van der Waals surface area (Å²) in [6, 6.07) is 49.3. The number of pyridine rings is 1. The van der Waals surface area contributed by atoms with Gasteiger partial charge in [0.25, 0.3) is 0 Å². The topological polar surface area (TPSA) is 12.9 Å². The van der Waals surface area contributed by atoms with Crippen molar-refractivity contribution in [3.63, 3.8) is 0 Å². The molecule has 0 N–H and O–H groups in total. The molecule has 1 aromatic heterocycles. The Morgan fingerprint density at radius 2 is 0.972 bits per heavy atom. The van der Waals surface area contributed by atoms with Crippen molar-refractivity contribution >= 4 is 32.6 Å². The monoisotopic (exact) mass is 683 g/mol. The van der Waals surface area contributed by atoms with Crippen LogP contribution >= 0.6 is 7.92 Å². The number of benzene rings is 4. The minimum atomic E-state index is -0.877. The Labute approximate surface area is 233 Å². The zero-order valence-electron chi connectivity index (χ0n) is 21.1. The molecule has 0 aliphatic rings. The van der Waals surface area contributed by atoms with Crippen molar-refractivity contribution in [2.75, 3.05) is 0 Å². The molecule has 0 unspecified atom stereocenters. The van der Waals surface area contributed by atoms with Gasteiger partial charge in [-0.05, 0) is 48.2 Å². The zero-order chi connectivity index (χ0) is 24.7. The second-order valence-electron chi connectivity index (χ2n) is 8.46. The van der Waals surface area contributed by atoms with Gasteiger partial charge in [-0.15, -0.1) is 35.9 Å². The third-order valence-corrected chi connectivity index (χ3v) is 7.57. The predicted octanol–water partition coefficient (Wildman–Crippen LogP) is 7.09.